The molecule has 0 fully saturated rings. The van der Waals surface area contributed by atoms with Crippen LogP contribution in [0.25, 0.3) is 0 Å². The van der Waals surface area contributed by atoms with E-state index in [0.29, 0.717) is 6.42 Å². The van der Waals surface area contributed by atoms with Crippen LogP contribution in [-0.2, 0) is 16.1 Å². The third kappa shape index (κ3) is 6.68. The number of methoxy groups -OCH3 is 1. The van der Waals surface area contributed by atoms with E-state index in [0.717, 1.165) is 31.6 Å². The molecule has 0 bridgehead atoms. The molecule has 1 unspecified atom stereocenters. The summed E-state index contributed by atoms with van der Waals surface area (Å²) in [5.74, 6) is 0.0331. The van der Waals surface area contributed by atoms with Crippen molar-refractivity contribution >= 4 is 11.6 Å². The first-order valence-electron chi connectivity index (χ1n) is 7.28. The van der Waals surface area contributed by atoms with E-state index in [1.165, 1.54) is 5.56 Å². The van der Waals surface area contributed by atoms with Gasteiger partial charge in [-0.1, -0.05) is 19.1 Å². The highest BCUT2D eigenvalue weighted by Gasteiger charge is 2.06. The third-order valence-corrected chi connectivity index (χ3v) is 3.17. The van der Waals surface area contributed by atoms with Gasteiger partial charge in [-0.3, -0.25) is 4.79 Å². The van der Waals surface area contributed by atoms with Crippen LogP contribution in [0, 0.1) is 0 Å². The second-order valence-corrected chi connectivity index (χ2v) is 5.01. The van der Waals surface area contributed by atoms with Crippen molar-refractivity contribution in [2.24, 2.45) is 0 Å². The minimum absolute atomic E-state index is 0.0331. The molecule has 0 heterocycles. The van der Waals surface area contributed by atoms with Gasteiger partial charge < -0.3 is 15.4 Å². The van der Waals surface area contributed by atoms with Crippen LogP contribution in [0.3, 0.4) is 0 Å². The summed E-state index contributed by atoms with van der Waals surface area (Å²) < 4.78 is 5.13. The fourth-order valence-corrected chi connectivity index (χ4v) is 1.79. The summed E-state index contributed by atoms with van der Waals surface area (Å²) in [5.41, 5.74) is 2.07. The van der Waals surface area contributed by atoms with Gasteiger partial charge in [-0.2, -0.15) is 0 Å². The van der Waals surface area contributed by atoms with Crippen LogP contribution in [-0.4, -0.2) is 25.7 Å². The zero-order valence-electron chi connectivity index (χ0n) is 12.7. The minimum Gasteiger partial charge on any atom is -0.382 e. The molecule has 1 atom stereocenters. The highest BCUT2D eigenvalue weighted by atomic mass is 16.5. The molecule has 4 nitrogen and oxygen atoms in total. The van der Waals surface area contributed by atoms with E-state index in [-0.39, 0.29) is 12.0 Å². The van der Waals surface area contributed by atoms with E-state index >= 15 is 0 Å². The molecule has 0 saturated carbocycles. The lowest BCUT2D eigenvalue weighted by atomic mass is 10.2. The Kier molecular flexibility index (Phi) is 7.92. The summed E-state index contributed by atoms with van der Waals surface area (Å²) in [7, 11) is 1.66. The molecule has 1 amide bonds. The van der Waals surface area contributed by atoms with Crippen molar-refractivity contribution in [3.63, 3.8) is 0 Å². The Hall–Kier alpha value is -1.39. The highest BCUT2D eigenvalue weighted by Crippen LogP contribution is 2.11. The first-order chi connectivity index (χ1) is 9.65. The molecule has 1 rings (SSSR count). The maximum absolute atomic E-state index is 11.7. The summed E-state index contributed by atoms with van der Waals surface area (Å²) in [6, 6.07) is 7.97. The summed E-state index contributed by atoms with van der Waals surface area (Å²) in [6.45, 7) is 6.00. The SMILES string of the molecule is CCCNCc1ccc(NC(=O)CCC(C)OC)cc1. The average molecular weight is 278 g/mol. The topological polar surface area (TPSA) is 50.4 Å². The number of benzene rings is 1. The Balaban J connectivity index is 2.35. The van der Waals surface area contributed by atoms with E-state index in [9.17, 15) is 4.79 Å². The largest absolute Gasteiger partial charge is 0.382 e. The van der Waals surface area contributed by atoms with Crippen molar-refractivity contribution in [2.45, 2.75) is 45.8 Å². The van der Waals surface area contributed by atoms with Gasteiger partial charge in [0.05, 0.1) is 6.10 Å². The first kappa shape index (κ1) is 16.7. The normalized spacial score (nSPS) is 12.2. The standard InChI is InChI=1S/C16H26N2O2/c1-4-11-17-12-14-6-8-15(9-7-14)18-16(19)10-5-13(2)20-3/h6-9,13,17H,4-5,10-12H2,1-3H3,(H,18,19). The Morgan fingerprint density at radius 1 is 1.30 bits per heavy atom. The fraction of sp³-hybridized carbons (Fsp3) is 0.562. The maximum Gasteiger partial charge on any atom is 0.224 e. The lowest BCUT2D eigenvalue weighted by Crippen LogP contribution is -2.15. The Bertz CT molecular complexity index is 390. The van der Waals surface area contributed by atoms with E-state index in [2.05, 4.69) is 17.6 Å². The van der Waals surface area contributed by atoms with Crippen molar-refractivity contribution in [3.05, 3.63) is 29.8 Å². The van der Waals surface area contributed by atoms with Crippen LogP contribution in [0.4, 0.5) is 5.69 Å². The first-order valence-corrected chi connectivity index (χ1v) is 7.28. The second-order valence-electron chi connectivity index (χ2n) is 5.01. The minimum atomic E-state index is 0.0331. The zero-order valence-corrected chi connectivity index (χ0v) is 12.7. The van der Waals surface area contributed by atoms with Gasteiger partial charge in [0.15, 0.2) is 0 Å². The fourth-order valence-electron chi connectivity index (χ4n) is 1.79. The van der Waals surface area contributed by atoms with Crippen molar-refractivity contribution in [3.8, 4) is 0 Å². The van der Waals surface area contributed by atoms with Crippen LogP contribution in [0.2, 0.25) is 0 Å². The van der Waals surface area contributed by atoms with Crippen LogP contribution < -0.4 is 10.6 Å². The van der Waals surface area contributed by atoms with E-state index in [1.807, 2.05) is 31.2 Å². The van der Waals surface area contributed by atoms with E-state index < -0.39 is 0 Å². The molecule has 4 heteroatoms. The second kappa shape index (κ2) is 9.50. The zero-order chi connectivity index (χ0) is 14.8. The number of anilines is 1. The van der Waals surface area contributed by atoms with Crippen LogP contribution >= 0.6 is 0 Å². The van der Waals surface area contributed by atoms with Gasteiger partial charge in [0, 0.05) is 25.8 Å². The lowest BCUT2D eigenvalue weighted by molar-refractivity contribution is -0.116. The molecule has 0 radical (unpaired) electrons. The lowest BCUT2D eigenvalue weighted by Gasteiger charge is -2.10. The van der Waals surface area contributed by atoms with E-state index in [4.69, 9.17) is 4.74 Å². The molecule has 1 aromatic rings. The highest BCUT2D eigenvalue weighted by molar-refractivity contribution is 5.90. The van der Waals surface area contributed by atoms with Crippen molar-refractivity contribution in [1.82, 2.24) is 5.32 Å². The molecule has 0 aromatic heterocycles. The van der Waals surface area contributed by atoms with Crippen LogP contribution in [0.15, 0.2) is 24.3 Å². The van der Waals surface area contributed by atoms with Gasteiger partial charge in [-0.25, -0.2) is 0 Å². The van der Waals surface area contributed by atoms with Gasteiger partial charge >= 0.3 is 0 Å². The van der Waals surface area contributed by atoms with Crippen LogP contribution in [0.1, 0.15) is 38.7 Å². The molecule has 20 heavy (non-hydrogen) atoms. The predicted molar refractivity (Wildman–Crippen MR) is 82.8 cm³/mol. The summed E-state index contributed by atoms with van der Waals surface area (Å²) in [4.78, 5) is 11.7. The van der Waals surface area contributed by atoms with Crippen molar-refractivity contribution < 1.29 is 9.53 Å². The molecule has 0 aliphatic carbocycles. The number of hydrogen-bond donors (Lipinski definition) is 2. The maximum atomic E-state index is 11.7. The summed E-state index contributed by atoms with van der Waals surface area (Å²) in [5, 5.41) is 6.25. The smallest absolute Gasteiger partial charge is 0.224 e. The molecule has 112 valence electrons. The number of carbonyl (C=O) groups excluding carboxylic acids is 1. The summed E-state index contributed by atoms with van der Waals surface area (Å²) in [6.07, 6.45) is 2.47. The molecule has 0 aliphatic rings. The molecule has 0 saturated heterocycles. The molecular weight excluding hydrogens is 252 g/mol. The molecule has 0 spiro atoms. The molecule has 0 aliphatic heterocycles. The van der Waals surface area contributed by atoms with E-state index in [1.54, 1.807) is 7.11 Å². The Labute approximate surface area is 121 Å². The van der Waals surface area contributed by atoms with Gasteiger partial charge in [-0.15, -0.1) is 0 Å². The number of hydrogen-bond acceptors (Lipinski definition) is 3. The van der Waals surface area contributed by atoms with Crippen LogP contribution in [0.5, 0.6) is 0 Å². The van der Waals surface area contributed by atoms with Gasteiger partial charge in [-0.05, 0) is 44.0 Å². The quantitative estimate of drug-likeness (QED) is 0.683. The third-order valence-electron chi connectivity index (χ3n) is 3.17. The molecule has 2 N–H and O–H groups in total. The number of carbonyl (C=O) groups is 1. The number of amides is 1. The number of nitrogens with one attached hydrogen (secondary N) is 2. The monoisotopic (exact) mass is 278 g/mol. The number of ether oxygens (including phenoxy) is 1. The summed E-state index contributed by atoms with van der Waals surface area (Å²) >= 11 is 0. The van der Waals surface area contributed by atoms with Gasteiger partial charge in [0.2, 0.25) is 5.91 Å². The van der Waals surface area contributed by atoms with Gasteiger partial charge in [0.1, 0.15) is 0 Å². The average Bonchev–Trinajstić information content (AvgIpc) is 2.47. The predicted octanol–water partition coefficient (Wildman–Crippen LogP) is 2.94. The van der Waals surface area contributed by atoms with Crippen molar-refractivity contribution in [1.29, 1.82) is 0 Å². The molecule has 1 aromatic carbocycles. The van der Waals surface area contributed by atoms with Gasteiger partial charge in [0.25, 0.3) is 0 Å². The van der Waals surface area contributed by atoms with Crippen molar-refractivity contribution in [2.75, 3.05) is 19.0 Å². The molecular formula is C16H26N2O2. The Morgan fingerprint density at radius 3 is 2.60 bits per heavy atom. The number of rotatable bonds is 9. The Morgan fingerprint density at radius 2 is 2.00 bits per heavy atom.